The minimum atomic E-state index is -4.40. The summed E-state index contributed by atoms with van der Waals surface area (Å²) in [6, 6.07) is 0. The highest BCUT2D eigenvalue weighted by atomic mass is 31.2. The molecule has 2 atom stereocenters. The molecule has 0 aromatic rings. The standard InChI is InChI=1S/C67H116NO8P/c1-3-5-7-9-11-13-15-17-19-21-23-25-26-27-28-29-30-31-32-33-34-35-36-37-38-40-42-44-46-48-50-52-54-56-58-60-67(70)76-65(64-75-77(71,72)74-62-61-68)63-73-66(69)59-57-55-53-51-49-47-45-43-41-39-24-22-20-18-16-14-12-10-8-6-4-2/h5,7,11,13,17,19,23,25,27-28,30-31,33-34,36-37,40,42,65H,3-4,6,8-10,12,14-16,18,20-22,24,26,29,32,35,38-39,41,43-64,68H2,1-2H3,(H,71,72)/b7-5-,13-11-,19-17-,25-23-,28-27-,31-30-,34-33-,37-36-,42-40-. The van der Waals surface area contributed by atoms with E-state index in [1.54, 1.807) is 0 Å². The number of ether oxygens (including phenoxy) is 2. The van der Waals surface area contributed by atoms with E-state index in [0.29, 0.717) is 6.42 Å². The predicted molar refractivity (Wildman–Crippen MR) is 330 cm³/mol. The number of nitrogens with two attached hydrogens (primary N) is 1. The summed E-state index contributed by atoms with van der Waals surface area (Å²) in [6.45, 7) is 3.64. The summed E-state index contributed by atoms with van der Waals surface area (Å²) >= 11 is 0. The van der Waals surface area contributed by atoms with Crippen molar-refractivity contribution in [1.29, 1.82) is 0 Å². The van der Waals surface area contributed by atoms with Crippen molar-refractivity contribution in [3.63, 3.8) is 0 Å². The zero-order chi connectivity index (χ0) is 55.9. The lowest BCUT2D eigenvalue weighted by Gasteiger charge is -2.19. The molecule has 0 rings (SSSR count). The Balaban J connectivity index is 4.00. The molecule has 0 heterocycles. The number of phosphoric ester groups is 1. The lowest BCUT2D eigenvalue weighted by atomic mass is 10.0. The molecule has 0 aliphatic heterocycles. The first-order chi connectivity index (χ1) is 37.8. The zero-order valence-electron chi connectivity index (χ0n) is 49.4. The summed E-state index contributed by atoms with van der Waals surface area (Å²) < 4.78 is 33.1. The van der Waals surface area contributed by atoms with Crippen LogP contribution in [0.5, 0.6) is 0 Å². The van der Waals surface area contributed by atoms with Crippen LogP contribution < -0.4 is 5.73 Å². The number of carbonyl (C=O) groups is 2. The van der Waals surface area contributed by atoms with Gasteiger partial charge >= 0.3 is 19.8 Å². The fourth-order valence-electron chi connectivity index (χ4n) is 8.57. The number of hydrogen-bond acceptors (Lipinski definition) is 8. The van der Waals surface area contributed by atoms with Crippen molar-refractivity contribution in [2.75, 3.05) is 26.4 Å². The topological polar surface area (TPSA) is 134 Å². The summed E-state index contributed by atoms with van der Waals surface area (Å²) in [5, 5.41) is 0. The molecule has 3 N–H and O–H groups in total. The molecule has 0 spiro atoms. The van der Waals surface area contributed by atoms with Crippen LogP contribution in [0.3, 0.4) is 0 Å². The Morgan fingerprint density at radius 2 is 0.714 bits per heavy atom. The van der Waals surface area contributed by atoms with Crippen molar-refractivity contribution in [1.82, 2.24) is 0 Å². The van der Waals surface area contributed by atoms with E-state index >= 15 is 0 Å². The van der Waals surface area contributed by atoms with Gasteiger partial charge < -0.3 is 20.1 Å². The van der Waals surface area contributed by atoms with Gasteiger partial charge in [0.25, 0.3) is 0 Å². The summed E-state index contributed by atoms with van der Waals surface area (Å²) in [5.41, 5.74) is 5.39. The maximum atomic E-state index is 12.7. The van der Waals surface area contributed by atoms with Gasteiger partial charge in [0.05, 0.1) is 13.2 Å². The van der Waals surface area contributed by atoms with Crippen LogP contribution >= 0.6 is 7.82 Å². The smallest absolute Gasteiger partial charge is 0.462 e. The van der Waals surface area contributed by atoms with Gasteiger partial charge in [-0.25, -0.2) is 4.57 Å². The van der Waals surface area contributed by atoms with Gasteiger partial charge in [0.15, 0.2) is 6.10 Å². The summed E-state index contributed by atoms with van der Waals surface area (Å²) in [7, 11) is -4.40. The monoisotopic (exact) mass is 1090 g/mol. The van der Waals surface area contributed by atoms with E-state index in [1.807, 2.05) is 0 Å². The van der Waals surface area contributed by atoms with Crippen LogP contribution in [-0.4, -0.2) is 49.3 Å². The molecule has 0 radical (unpaired) electrons. The third kappa shape index (κ3) is 61.7. The maximum Gasteiger partial charge on any atom is 0.472 e. The first-order valence-corrected chi connectivity index (χ1v) is 32.9. The number of phosphoric acid groups is 1. The second-order valence-corrected chi connectivity index (χ2v) is 22.0. The van der Waals surface area contributed by atoms with Crippen LogP contribution in [0.4, 0.5) is 0 Å². The highest BCUT2D eigenvalue weighted by Crippen LogP contribution is 2.43. The molecule has 0 saturated carbocycles. The average molecular weight is 1090 g/mol. The first kappa shape index (κ1) is 73.7. The summed E-state index contributed by atoms with van der Waals surface area (Å²) in [4.78, 5) is 35.2. The predicted octanol–water partition coefficient (Wildman–Crippen LogP) is 20.2. The largest absolute Gasteiger partial charge is 0.472 e. The van der Waals surface area contributed by atoms with Gasteiger partial charge in [0.1, 0.15) is 6.61 Å². The Hall–Kier alpha value is -3.33. The molecule has 0 aliphatic rings. The van der Waals surface area contributed by atoms with Crippen LogP contribution in [0.15, 0.2) is 109 Å². The number of allylic oxidation sites excluding steroid dienone is 18. The minimum Gasteiger partial charge on any atom is -0.462 e. The van der Waals surface area contributed by atoms with Crippen LogP contribution in [0, 0.1) is 0 Å². The van der Waals surface area contributed by atoms with Crippen LogP contribution in [-0.2, 0) is 32.7 Å². The van der Waals surface area contributed by atoms with Gasteiger partial charge in [-0.3, -0.25) is 18.6 Å². The fraction of sp³-hybridized carbons (Fsp3) is 0.701. The number of hydrogen-bond donors (Lipinski definition) is 2. The van der Waals surface area contributed by atoms with Crippen molar-refractivity contribution in [2.24, 2.45) is 5.73 Å². The molecular weight excluding hydrogens is 978 g/mol. The fourth-order valence-corrected chi connectivity index (χ4v) is 9.34. The second-order valence-electron chi connectivity index (χ2n) is 20.6. The van der Waals surface area contributed by atoms with Crippen molar-refractivity contribution in [3.8, 4) is 0 Å². The Bertz CT molecular complexity index is 1630. The quantitative estimate of drug-likeness (QED) is 0.0264. The van der Waals surface area contributed by atoms with E-state index in [2.05, 4.69) is 123 Å². The van der Waals surface area contributed by atoms with Crippen molar-refractivity contribution < 1.29 is 37.6 Å². The van der Waals surface area contributed by atoms with Crippen LogP contribution in [0.25, 0.3) is 0 Å². The number of carbonyl (C=O) groups excluding carboxylic acids is 2. The normalized spacial score (nSPS) is 13.8. The molecule has 0 fully saturated rings. The van der Waals surface area contributed by atoms with Gasteiger partial charge in [0.2, 0.25) is 0 Å². The highest BCUT2D eigenvalue weighted by Gasteiger charge is 2.26. The number of esters is 2. The Morgan fingerprint density at radius 3 is 1.06 bits per heavy atom. The van der Waals surface area contributed by atoms with E-state index < -0.39 is 26.5 Å². The van der Waals surface area contributed by atoms with Crippen LogP contribution in [0.1, 0.15) is 271 Å². The van der Waals surface area contributed by atoms with Gasteiger partial charge in [0, 0.05) is 19.4 Å². The molecule has 0 bridgehead atoms. The van der Waals surface area contributed by atoms with Crippen molar-refractivity contribution in [2.45, 2.75) is 277 Å². The summed E-state index contributed by atoms with van der Waals surface area (Å²) in [6.07, 6.45) is 84.4. The van der Waals surface area contributed by atoms with Crippen LogP contribution in [0.2, 0.25) is 0 Å². The van der Waals surface area contributed by atoms with E-state index in [9.17, 15) is 19.0 Å². The molecule has 0 saturated heterocycles. The SMILES string of the molecule is CC/C=C\C/C=C\C/C=C\C/C=C\C/C=C\C/C=C\C/C=C\C/C=C\C/C=C\CCCCCCCCCC(=O)OC(COC(=O)CCCCCCCCCCCCCCCCCCCCCCC)COP(=O)(O)OCCN. The third-order valence-corrected chi connectivity index (χ3v) is 14.2. The van der Waals surface area contributed by atoms with Gasteiger partial charge in [-0.15, -0.1) is 0 Å². The van der Waals surface area contributed by atoms with Gasteiger partial charge in [-0.1, -0.05) is 284 Å². The van der Waals surface area contributed by atoms with E-state index in [4.69, 9.17) is 24.3 Å². The van der Waals surface area contributed by atoms with Gasteiger partial charge in [-0.05, 0) is 83.5 Å². The average Bonchev–Trinajstić information content (AvgIpc) is 3.42. The zero-order valence-corrected chi connectivity index (χ0v) is 50.3. The van der Waals surface area contributed by atoms with Crippen molar-refractivity contribution >= 4 is 19.8 Å². The first-order valence-electron chi connectivity index (χ1n) is 31.4. The second kappa shape index (κ2) is 61.9. The molecule has 0 aromatic carbocycles. The Kier molecular flexibility index (Phi) is 59.2. The van der Waals surface area contributed by atoms with E-state index in [0.717, 1.165) is 103 Å². The molecule has 77 heavy (non-hydrogen) atoms. The Morgan fingerprint density at radius 1 is 0.403 bits per heavy atom. The van der Waals surface area contributed by atoms with E-state index in [1.165, 1.54) is 135 Å². The number of rotatable bonds is 58. The molecule has 2 unspecified atom stereocenters. The van der Waals surface area contributed by atoms with E-state index in [-0.39, 0.29) is 38.6 Å². The molecular formula is C67H116NO8P. The molecule has 10 heteroatoms. The molecule has 442 valence electrons. The summed E-state index contributed by atoms with van der Waals surface area (Å²) in [5.74, 6) is -0.837. The Labute approximate surface area is 473 Å². The molecule has 0 aliphatic carbocycles. The highest BCUT2D eigenvalue weighted by molar-refractivity contribution is 7.47. The third-order valence-electron chi connectivity index (χ3n) is 13.2. The van der Waals surface area contributed by atoms with Crippen molar-refractivity contribution in [3.05, 3.63) is 109 Å². The maximum absolute atomic E-state index is 12.7. The number of unbranched alkanes of at least 4 members (excludes halogenated alkanes) is 27. The lowest BCUT2D eigenvalue weighted by molar-refractivity contribution is -0.161. The minimum absolute atomic E-state index is 0.0477. The molecule has 9 nitrogen and oxygen atoms in total. The lowest BCUT2D eigenvalue weighted by Crippen LogP contribution is -2.29. The molecule has 0 aromatic heterocycles. The molecule has 0 amide bonds. The van der Waals surface area contributed by atoms with Gasteiger partial charge in [-0.2, -0.15) is 0 Å².